The predicted octanol–water partition coefficient (Wildman–Crippen LogP) is 5.69. The van der Waals surface area contributed by atoms with Crippen LogP contribution in [0.4, 0.5) is 0 Å². The van der Waals surface area contributed by atoms with Gasteiger partial charge >= 0.3 is 0 Å². The van der Waals surface area contributed by atoms with E-state index in [0.717, 1.165) is 41.0 Å². The second-order valence-corrected chi connectivity index (χ2v) is 12.6. The fraction of sp³-hybridized carbons (Fsp3) is 0.258. The first-order chi connectivity index (χ1) is 17.7. The summed E-state index contributed by atoms with van der Waals surface area (Å²) in [4.78, 5) is 7.23. The van der Waals surface area contributed by atoms with Gasteiger partial charge in [-0.3, -0.25) is 19.5 Å². The molecule has 5 atom stereocenters. The van der Waals surface area contributed by atoms with Gasteiger partial charge in [-0.05, 0) is 73.2 Å². The Morgan fingerprint density at radius 3 is 2.25 bits per heavy atom. The first-order valence-corrected chi connectivity index (χ1v) is 14.6. The zero-order valence-corrected chi connectivity index (χ0v) is 21.3. The third-order valence-electron chi connectivity index (χ3n) is 8.12. The van der Waals surface area contributed by atoms with E-state index in [0.29, 0.717) is 11.8 Å². The Kier molecular flexibility index (Phi) is 6.35. The number of nitrogens with zero attached hydrogens (tertiary/aromatic N) is 2. The van der Waals surface area contributed by atoms with Gasteiger partial charge < -0.3 is 0 Å². The first kappa shape index (κ1) is 23.4. The Balaban J connectivity index is 1.51. The first-order valence-electron chi connectivity index (χ1n) is 12.9. The van der Waals surface area contributed by atoms with E-state index in [4.69, 9.17) is 0 Å². The minimum atomic E-state index is -3.15. The van der Waals surface area contributed by atoms with Gasteiger partial charge in [0.1, 0.15) is 0 Å². The van der Waals surface area contributed by atoms with Crippen molar-refractivity contribution in [2.75, 3.05) is 13.1 Å². The highest BCUT2D eigenvalue weighted by molar-refractivity contribution is 7.76. The van der Waals surface area contributed by atoms with Gasteiger partial charge in [-0.2, -0.15) is 0 Å². The average molecular weight is 494 g/mol. The fourth-order valence-corrected chi connectivity index (χ4v) is 8.73. The number of rotatable bonds is 7. The van der Waals surface area contributed by atoms with Crippen LogP contribution >= 0.6 is 7.29 Å². The standard InChI is InChI=1S/C31H32N3OP/c1-2-23-22-34-20-18-24(23)21-30(34)31(28-17-19-32-29-16-10-9-15-27(28)29)33-36(35,25-11-5-3-6-12-25)26-13-7-4-8-14-26/h2-17,19,23-24,30-31H,1,18,20-22H2,(H,33,35)/t23-,24-,30+,31+/m0/s1. The molecule has 3 saturated heterocycles. The smallest absolute Gasteiger partial charge is 0.205 e. The number of hydrogen-bond acceptors (Lipinski definition) is 3. The van der Waals surface area contributed by atoms with Crippen LogP contribution in [0.15, 0.2) is 110 Å². The van der Waals surface area contributed by atoms with Crippen molar-refractivity contribution in [3.63, 3.8) is 0 Å². The molecule has 3 aliphatic rings. The molecule has 5 heteroatoms. The summed E-state index contributed by atoms with van der Waals surface area (Å²) >= 11 is 0. The van der Waals surface area contributed by atoms with Crippen molar-refractivity contribution < 1.29 is 4.57 Å². The van der Waals surface area contributed by atoms with Gasteiger partial charge in [0, 0.05) is 34.8 Å². The van der Waals surface area contributed by atoms with Crippen LogP contribution in [0.25, 0.3) is 10.9 Å². The molecular weight excluding hydrogens is 461 g/mol. The summed E-state index contributed by atoms with van der Waals surface area (Å²) in [6.07, 6.45) is 6.29. The summed E-state index contributed by atoms with van der Waals surface area (Å²) in [6.45, 7) is 6.20. The van der Waals surface area contributed by atoms with E-state index in [2.05, 4.69) is 51.9 Å². The van der Waals surface area contributed by atoms with Crippen molar-refractivity contribution in [2.24, 2.45) is 11.8 Å². The number of benzene rings is 3. The number of nitrogens with one attached hydrogen (secondary N) is 1. The number of hydrogen-bond donors (Lipinski definition) is 1. The van der Waals surface area contributed by atoms with Gasteiger partial charge in [-0.1, -0.05) is 60.7 Å². The fourth-order valence-electron chi connectivity index (χ4n) is 6.25. The molecule has 0 saturated carbocycles. The van der Waals surface area contributed by atoms with Crippen LogP contribution in [0.5, 0.6) is 0 Å². The van der Waals surface area contributed by atoms with Crippen LogP contribution in [-0.4, -0.2) is 29.0 Å². The molecule has 1 N–H and O–H groups in total. The van der Waals surface area contributed by atoms with Crippen molar-refractivity contribution in [1.82, 2.24) is 15.0 Å². The second kappa shape index (κ2) is 9.78. The summed E-state index contributed by atoms with van der Waals surface area (Å²) in [5, 5.41) is 6.60. The molecule has 182 valence electrons. The molecule has 0 radical (unpaired) electrons. The minimum Gasteiger partial charge on any atom is -0.298 e. The van der Waals surface area contributed by atoms with Crippen LogP contribution in [0.1, 0.15) is 24.4 Å². The van der Waals surface area contributed by atoms with Gasteiger partial charge in [0.25, 0.3) is 0 Å². The van der Waals surface area contributed by atoms with Crippen LogP contribution in [0.2, 0.25) is 0 Å². The SMILES string of the molecule is C=C[C@H]1CN2CC[C@H]1C[C@@H]2[C@H](NP(=O)(c1ccccc1)c1ccccc1)c1ccnc2ccccc12. The van der Waals surface area contributed by atoms with E-state index in [1.807, 2.05) is 72.9 Å². The number of aromatic nitrogens is 1. The van der Waals surface area contributed by atoms with Gasteiger partial charge in [-0.15, -0.1) is 6.58 Å². The predicted molar refractivity (Wildman–Crippen MR) is 149 cm³/mol. The van der Waals surface area contributed by atoms with Crippen molar-refractivity contribution in [1.29, 1.82) is 0 Å². The van der Waals surface area contributed by atoms with E-state index in [1.54, 1.807) is 0 Å². The van der Waals surface area contributed by atoms with Crippen LogP contribution in [0.3, 0.4) is 0 Å². The minimum absolute atomic E-state index is 0.113. The molecule has 0 amide bonds. The maximum atomic E-state index is 15.1. The summed E-state index contributed by atoms with van der Waals surface area (Å²) in [5.74, 6) is 1.14. The Hall–Kier alpha value is -3.04. The van der Waals surface area contributed by atoms with Crippen LogP contribution < -0.4 is 15.7 Å². The molecular formula is C31H32N3OP. The molecule has 4 heterocycles. The molecule has 36 heavy (non-hydrogen) atoms. The average Bonchev–Trinajstić information content (AvgIpc) is 2.96. The molecule has 3 fully saturated rings. The van der Waals surface area contributed by atoms with E-state index in [1.165, 1.54) is 12.0 Å². The zero-order chi connectivity index (χ0) is 24.5. The molecule has 0 spiro atoms. The highest BCUT2D eigenvalue weighted by atomic mass is 31.2. The normalized spacial score (nSPS) is 24.4. The topological polar surface area (TPSA) is 45.2 Å². The molecule has 4 nitrogen and oxygen atoms in total. The highest BCUT2D eigenvalue weighted by Gasteiger charge is 2.45. The van der Waals surface area contributed by atoms with Gasteiger partial charge in [-0.25, -0.2) is 0 Å². The number of pyridine rings is 1. The van der Waals surface area contributed by atoms with Gasteiger partial charge in [0.15, 0.2) is 0 Å². The molecule has 2 bridgehead atoms. The van der Waals surface area contributed by atoms with Crippen LogP contribution in [-0.2, 0) is 4.57 Å². The molecule has 3 aliphatic heterocycles. The molecule has 1 unspecified atom stereocenters. The maximum absolute atomic E-state index is 15.1. The molecule has 1 aromatic heterocycles. The van der Waals surface area contributed by atoms with Crippen molar-refractivity contribution >= 4 is 28.8 Å². The highest BCUT2D eigenvalue weighted by Crippen LogP contribution is 2.48. The second-order valence-electron chi connectivity index (χ2n) is 10.1. The van der Waals surface area contributed by atoms with E-state index in [9.17, 15) is 0 Å². The lowest BCUT2D eigenvalue weighted by Gasteiger charge is -2.52. The Bertz CT molecular complexity index is 1360. The van der Waals surface area contributed by atoms with Gasteiger partial charge in [0.2, 0.25) is 7.29 Å². The Morgan fingerprint density at radius 2 is 1.61 bits per heavy atom. The monoisotopic (exact) mass is 493 g/mol. The maximum Gasteiger partial charge on any atom is 0.205 e. The number of para-hydroxylation sites is 1. The summed E-state index contributed by atoms with van der Waals surface area (Å²) in [6, 6.07) is 30.4. The van der Waals surface area contributed by atoms with Gasteiger partial charge in [0.05, 0.1) is 11.6 Å². The summed E-state index contributed by atoms with van der Waals surface area (Å²) < 4.78 is 15.1. The summed E-state index contributed by atoms with van der Waals surface area (Å²) in [5.41, 5.74) is 2.14. The Morgan fingerprint density at radius 1 is 0.944 bits per heavy atom. The summed E-state index contributed by atoms with van der Waals surface area (Å²) in [7, 11) is -3.15. The molecule has 7 rings (SSSR count). The van der Waals surface area contributed by atoms with Crippen LogP contribution in [0, 0.1) is 11.8 Å². The Labute approximate surface area is 213 Å². The largest absolute Gasteiger partial charge is 0.298 e. The lowest BCUT2D eigenvalue weighted by atomic mass is 9.73. The van der Waals surface area contributed by atoms with Crippen molar-refractivity contribution in [3.8, 4) is 0 Å². The lowest BCUT2D eigenvalue weighted by Crippen LogP contribution is -2.57. The lowest BCUT2D eigenvalue weighted by molar-refractivity contribution is 0.00491. The van der Waals surface area contributed by atoms with Crippen molar-refractivity contribution in [2.45, 2.75) is 24.9 Å². The zero-order valence-electron chi connectivity index (χ0n) is 20.4. The number of fused-ring (bicyclic) bond motifs is 4. The molecule has 0 aliphatic carbocycles. The van der Waals surface area contributed by atoms with E-state index in [-0.39, 0.29) is 12.1 Å². The number of piperidine rings is 3. The third-order valence-corrected chi connectivity index (χ3v) is 10.8. The van der Waals surface area contributed by atoms with E-state index < -0.39 is 7.29 Å². The molecule has 4 aromatic rings. The van der Waals surface area contributed by atoms with E-state index >= 15 is 4.57 Å². The van der Waals surface area contributed by atoms with Crippen molar-refractivity contribution in [3.05, 3.63) is 115 Å². The molecule has 3 aromatic carbocycles. The quantitative estimate of drug-likeness (QED) is 0.265. The third kappa shape index (κ3) is 4.14.